The molecule has 0 unspecified atom stereocenters. The van der Waals surface area contributed by atoms with Gasteiger partial charge in [-0.05, 0) is 24.2 Å². The monoisotopic (exact) mass is 374 g/mol. The van der Waals surface area contributed by atoms with E-state index in [1.54, 1.807) is 0 Å². The highest BCUT2D eigenvalue weighted by Crippen LogP contribution is 2.19. The summed E-state index contributed by atoms with van der Waals surface area (Å²) in [5.41, 5.74) is 3.28. The molecule has 0 saturated carbocycles. The second-order valence-electron chi connectivity index (χ2n) is 6.82. The van der Waals surface area contributed by atoms with Gasteiger partial charge >= 0.3 is 0 Å². The van der Waals surface area contributed by atoms with Crippen LogP contribution < -0.4 is 10.1 Å². The molecule has 0 spiro atoms. The van der Waals surface area contributed by atoms with Crippen LogP contribution in [-0.2, 0) is 24.5 Å². The molecule has 3 aromatic carbocycles. The summed E-state index contributed by atoms with van der Waals surface area (Å²) in [6.07, 6.45) is 0. The second-order valence-corrected chi connectivity index (χ2v) is 6.82. The Balaban J connectivity index is 1.49. The summed E-state index contributed by atoms with van der Waals surface area (Å²) in [5.74, 6) is 0.792. The summed E-state index contributed by atoms with van der Waals surface area (Å²) < 4.78 is 5.95. The topological polar surface area (TPSA) is 41.6 Å². The van der Waals surface area contributed by atoms with Crippen LogP contribution in [0, 0.1) is 0 Å². The minimum absolute atomic E-state index is 0.00343. The van der Waals surface area contributed by atoms with E-state index in [1.165, 1.54) is 5.56 Å². The van der Waals surface area contributed by atoms with Gasteiger partial charge in [-0.3, -0.25) is 9.69 Å². The first-order valence-electron chi connectivity index (χ1n) is 9.44. The molecule has 0 saturated heterocycles. The van der Waals surface area contributed by atoms with Crippen LogP contribution in [0.5, 0.6) is 5.75 Å². The molecule has 144 valence electrons. The number of benzene rings is 3. The van der Waals surface area contributed by atoms with Gasteiger partial charge in [0.05, 0.1) is 6.54 Å². The predicted molar refractivity (Wildman–Crippen MR) is 112 cm³/mol. The Morgan fingerprint density at radius 3 is 2.18 bits per heavy atom. The second kappa shape index (κ2) is 10.3. The standard InChI is InChI=1S/C24H26N2O2/c1-26(17-20-10-4-2-5-11-20)18-24(27)25-16-22-14-8-9-15-23(22)28-19-21-12-6-3-7-13-21/h2-15H,16-19H2,1H3,(H,25,27). The molecular formula is C24H26N2O2. The number of carbonyl (C=O) groups is 1. The van der Waals surface area contributed by atoms with Crippen LogP contribution in [0.2, 0.25) is 0 Å². The SMILES string of the molecule is CN(CC(=O)NCc1ccccc1OCc1ccccc1)Cc1ccccc1. The zero-order chi connectivity index (χ0) is 19.6. The molecule has 4 heteroatoms. The third-order valence-corrected chi connectivity index (χ3v) is 4.39. The molecule has 3 rings (SSSR count). The van der Waals surface area contributed by atoms with Gasteiger partial charge in [-0.1, -0.05) is 78.9 Å². The third-order valence-electron chi connectivity index (χ3n) is 4.39. The number of hydrogen-bond donors (Lipinski definition) is 1. The van der Waals surface area contributed by atoms with Crippen molar-refractivity contribution in [2.24, 2.45) is 0 Å². The molecule has 0 radical (unpaired) electrons. The quantitative estimate of drug-likeness (QED) is 0.615. The summed E-state index contributed by atoms with van der Waals surface area (Å²) in [7, 11) is 1.95. The van der Waals surface area contributed by atoms with Gasteiger partial charge in [0.25, 0.3) is 0 Å². The Kier molecular flexibility index (Phi) is 7.21. The Morgan fingerprint density at radius 2 is 1.46 bits per heavy atom. The van der Waals surface area contributed by atoms with Crippen molar-refractivity contribution in [3.63, 3.8) is 0 Å². The van der Waals surface area contributed by atoms with Crippen molar-refractivity contribution in [3.8, 4) is 5.75 Å². The van der Waals surface area contributed by atoms with E-state index in [-0.39, 0.29) is 5.91 Å². The zero-order valence-corrected chi connectivity index (χ0v) is 16.2. The molecule has 0 heterocycles. The van der Waals surface area contributed by atoms with Gasteiger partial charge in [0.2, 0.25) is 5.91 Å². The van der Waals surface area contributed by atoms with Crippen molar-refractivity contribution >= 4 is 5.91 Å². The Hall–Kier alpha value is -3.11. The molecule has 0 aliphatic heterocycles. The van der Waals surface area contributed by atoms with Crippen molar-refractivity contribution in [2.75, 3.05) is 13.6 Å². The fourth-order valence-electron chi connectivity index (χ4n) is 2.97. The van der Waals surface area contributed by atoms with E-state index in [4.69, 9.17) is 4.74 Å². The summed E-state index contributed by atoms with van der Waals surface area (Å²) in [5, 5.41) is 2.99. The van der Waals surface area contributed by atoms with E-state index >= 15 is 0 Å². The minimum Gasteiger partial charge on any atom is -0.489 e. The molecule has 1 amide bonds. The van der Waals surface area contributed by atoms with Gasteiger partial charge < -0.3 is 10.1 Å². The van der Waals surface area contributed by atoms with Crippen LogP contribution in [0.4, 0.5) is 0 Å². The maximum atomic E-state index is 12.3. The lowest BCUT2D eigenvalue weighted by molar-refractivity contribution is -0.122. The van der Waals surface area contributed by atoms with Crippen molar-refractivity contribution in [1.82, 2.24) is 10.2 Å². The fraction of sp³-hybridized carbons (Fsp3) is 0.208. The third kappa shape index (κ3) is 6.25. The number of ether oxygens (including phenoxy) is 1. The number of para-hydroxylation sites is 1. The van der Waals surface area contributed by atoms with E-state index in [1.807, 2.05) is 84.7 Å². The lowest BCUT2D eigenvalue weighted by atomic mass is 10.2. The first-order chi connectivity index (χ1) is 13.7. The Bertz CT molecular complexity index is 866. The molecule has 0 aliphatic rings. The predicted octanol–water partition coefficient (Wildman–Crippen LogP) is 4.01. The van der Waals surface area contributed by atoms with E-state index in [0.717, 1.165) is 23.4 Å². The number of hydrogen-bond acceptors (Lipinski definition) is 3. The molecular weight excluding hydrogens is 348 g/mol. The largest absolute Gasteiger partial charge is 0.489 e. The van der Waals surface area contributed by atoms with Crippen LogP contribution >= 0.6 is 0 Å². The van der Waals surface area contributed by atoms with E-state index < -0.39 is 0 Å². The van der Waals surface area contributed by atoms with Crippen LogP contribution in [0.1, 0.15) is 16.7 Å². The number of carbonyl (C=O) groups excluding carboxylic acids is 1. The molecule has 0 atom stereocenters. The molecule has 4 nitrogen and oxygen atoms in total. The van der Waals surface area contributed by atoms with Crippen molar-refractivity contribution < 1.29 is 9.53 Å². The minimum atomic E-state index is -0.00343. The lowest BCUT2D eigenvalue weighted by Gasteiger charge is -2.17. The summed E-state index contributed by atoms with van der Waals surface area (Å²) in [4.78, 5) is 14.3. The van der Waals surface area contributed by atoms with Gasteiger partial charge in [0.15, 0.2) is 0 Å². The molecule has 3 aromatic rings. The summed E-state index contributed by atoms with van der Waals surface area (Å²) in [6.45, 7) is 2.04. The average Bonchev–Trinajstić information content (AvgIpc) is 2.72. The van der Waals surface area contributed by atoms with E-state index in [9.17, 15) is 4.79 Å². The highest BCUT2D eigenvalue weighted by atomic mass is 16.5. The number of nitrogens with zero attached hydrogens (tertiary/aromatic N) is 1. The van der Waals surface area contributed by atoms with Crippen LogP contribution in [-0.4, -0.2) is 24.4 Å². The first kappa shape index (κ1) is 19.6. The normalized spacial score (nSPS) is 10.6. The number of nitrogens with one attached hydrogen (secondary N) is 1. The zero-order valence-electron chi connectivity index (χ0n) is 16.2. The number of rotatable bonds is 9. The van der Waals surface area contributed by atoms with Gasteiger partial charge in [-0.25, -0.2) is 0 Å². The molecule has 28 heavy (non-hydrogen) atoms. The summed E-state index contributed by atoms with van der Waals surface area (Å²) >= 11 is 0. The van der Waals surface area contributed by atoms with E-state index in [2.05, 4.69) is 17.4 Å². The van der Waals surface area contributed by atoms with Gasteiger partial charge in [0.1, 0.15) is 12.4 Å². The van der Waals surface area contributed by atoms with Crippen LogP contribution in [0.3, 0.4) is 0 Å². The van der Waals surface area contributed by atoms with Gasteiger partial charge in [0, 0.05) is 18.7 Å². The van der Waals surface area contributed by atoms with Crippen molar-refractivity contribution in [3.05, 3.63) is 102 Å². The van der Waals surface area contributed by atoms with Gasteiger partial charge in [-0.15, -0.1) is 0 Å². The molecule has 0 aliphatic carbocycles. The fourth-order valence-corrected chi connectivity index (χ4v) is 2.97. The average molecular weight is 374 g/mol. The van der Waals surface area contributed by atoms with Crippen LogP contribution in [0.15, 0.2) is 84.9 Å². The highest BCUT2D eigenvalue weighted by Gasteiger charge is 2.09. The maximum absolute atomic E-state index is 12.3. The molecule has 0 fully saturated rings. The van der Waals surface area contributed by atoms with Gasteiger partial charge in [-0.2, -0.15) is 0 Å². The van der Waals surface area contributed by atoms with Crippen molar-refractivity contribution in [2.45, 2.75) is 19.7 Å². The number of likely N-dealkylation sites (N-methyl/N-ethyl adjacent to an activating group) is 1. The lowest BCUT2D eigenvalue weighted by Crippen LogP contribution is -2.34. The smallest absolute Gasteiger partial charge is 0.234 e. The maximum Gasteiger partial charge on any atom is 0.234 e. The summed E-state index contributed by atoms with van der Waals surface area (Å²) in [6, 6.07) is 28.0. The first-order valence-corrected chi connectivity index (χ1v) is 9.44. The molecule has 1 N–H and O–H groups in total. The molecule has 0 aromatic heterocycles. The van der Waals surface area contributed by atoms with E-state index in [0.29, 0.717) is 19.7 Å². The molecule has 0 bridgehead atoms. The Morgan fingerprint density at radius 1 is 0.857 bits per heavy atom. The van der Waals surface area contributed by atoms with Crippen molar-refractivity contribution in [1.29, 1.82) is 0 Å². The Labute approximate surface area is 166 Å². The highest BCUT2D eigenvalue weighted by molar-refractivity contribution is 5.78. The van der Waals surface area contributed by atoms with Crippen LogP contribution in [0.25, 0.3) is 0 Å². The number of amides is 1.